The number of amides is 1. The van der Waals surface area contributed by atoms with Crippen LogP contribution in [0.15, 0.2) is 24.3 Å². The molecule has 0 saturated carbocycles. The van der Waals surface area contributed by atoms with E-state index >= 15 is 0 Å². The molecule has 4 nitrogen and oxygen atoms in total. The SMILES string of the molecule is CN(CC(N)=S)C(=O)C1COc2ccccc2C1. The minimum atomic E-state index is -0.153. The van der Waals surface area contributed by atoms with Crippen molar-refractivity contribution >= 4 is 23.1 Å². The Morgan fingerprint density at radius 2 is 2.28 bits per heavy atom. The summed E-state index contributed by atoms with van der Waals surface area (Å²) >= 11 is 4.81. The molecule has 0 fully saturated rings. The summed E-state index contributed by atoms with van der Waals surface area (Å²) in [6.07, 6.45) is 0.705. The van der Waals surface area contributed by atoms with Crippen LogP contribution in [-0.2, 0) is 11.2 Å². The maximum absolute atomic E-state index is 12.2. The molecule has 96 valence electrons. The first-order chi connectivity index (χ1) is 8.58. The fourth-order valence-electron chi connectivity index (χ4n) is 2.11. The summed E-state index contributed by atoms with van der Waals surface area (Å²) in [6, 6.07) is 7.80. The Kier molecular flexibility index (Phi) is 3.81. The number of hydrogen-bond donors (Lipinski definition) is 1. The summed E-state index contributed by atoms with van der Waals surface area (Å²) < 4.78 is 5.60. The Morgan fingerprint density at radius 3 is 3.00 bits per heavy atom. The fourth-order valence-corrected chi connectivity index (χ4v) is 2.30. The van der Waals surface area contributed by atoms with Crippen molar-refractivity contribution in [2.45, 2.75) is 6.42 Å². The molecule has 0 spiro atoms. The summed E-state index contributed by atoms with van der Waals surface area (Å²) in [7, 11) is 1.71. The van der Waals surface area contributed by atoms with Crippen LogP contribution in [0, 0.1) is 5.92 Å². The summed E-state index contributed by atoms with van der Waals surface area (Å²) in [5, 5.41) is 0. The zero-order valence-corrected chi connectivity index (χ0v) is 11.1. The number of hydrogen-bond acceptors (Lipinski definition) is 3. The summed E-state index contributed by atoms with van der Waals surface area (Å²) in [4.78, 5) is 14.1. The second-order valence-corrected chi connectivity index (χ2v) is 5.00. The summed E-state index contributed by atoms with van der Waals surface area (Å²) in [5.74, 6) is 0.745. The third-order valence-electron chi connectivity index (χ3n) is 3.00. The number of ether oxygens (including phenoxy) is 1. The van der Waals surface area contributed by atoms with E-state index in [-0.39, 0.29) is 11.8 Å². The van der Waals surface area contributed by atoms with Crippen molar-refractivity contribution in [1.29, 1.82) is 0 Å². The second kappa shape index (κ2) is 5.35. The molecule has 0 aliphatic carbocycles. The first-order valence-electron chi connectivity index (χ1n) is 5.82. The first-order valence-corrected chi connectivity index (χ1v) is 6.22. The average Bonchev–Trinajstić information content (AvgIpc) is 2.36. The Morgan fingerprint density at radius 1 is 1.56 bits per heavy atom. The Bertz CT molecular complexity index is 476. The van der Waals surface area contributed by atoms with Crippen LogP contribution in [0.4, 0.5) is 0 Å². The third-order valence-corrected chi connectivity index (χ3v) is 3.13. The highest BCUT2D eigenvalue weighted by Gasteiger charge is 2.28. The molecule has 1 aromatic rings. The maximum atomic E-state index is 12.2. The van der Waals surface area contributed by atoms with Gasteiger partial charge in [-0.15, -0.1) is 0 Å². The molecule has 1 unspecified atom stereocenters. The molecule has 1 amide bonds. The van der Waals surface area contributed by atoms with Gasteiger partial charge in [0.25, 0.3) is 0 Å². The molecule has 5 heteroatoms. The van der Waals surface area contributed by atoms with Crippen LogP contribution in [0.25, 0.3) is 0 Å². The molecular weight excluding hydrogens is 248 g/mol. The maximum Gasteiger partial charge on any atom is 0.229 e. The summed E-state index contributed by atoms with van der Waals surface area (Å²) in [6.45, 7) is 0.726. The minimum Gasteiger partial charge on any atom is -0.492 e. The van der Waals surface area contributed by atoms with Crippen LogP contribution < -0.4 is 10.5 Å². The fraction of sp³-hybridized carbons (Fsp3) is 0.385. The highest BCUT2D eigenvalue weighted by Crippen LogP contribution is 2.27. The number of para-hydroxylation sites is 1. The van der Waals surface area contributed by atoms with Crippen molar-refractivity contribution in [3.05, 3.63) is 29.8 Å². The van der Waals surface area contributed by atoms with Gasteiger partial charge in [0.2, 0.25) is 5.91 Å². The normalized spacial score (nSPS) is 17.5. The number of rotatable bonds is 3. The molecule has 0 aromatic heterocycles. The van der Waals surface area contributed by atoms with Gasteiger partial charge in [-0.3, -0.25) is 4.79 Å². The first kappa shape index (κ1) is 12.8. The number of fused-ring (bicyclic) bond motifs is 1. The largest absolute Gasteiger partial charge is 0.492 e. The van der Waals surface area contributed by atoms with Gasteiger partial charge >= 0.3 is 0 Å². The van der Waals surface area contributed by atoms with Gasteiger partial charge in [-0.1, -0.05) is 30.4 Å². The Labute approximate surface area is 112 Å². The predicted molar refractivity (Wildman–Crippen MR) is 73.6 cm³/mol. The van der Waals surface area contributed by atoms with Crippen molar-refractivity contribution < 1.29 is 9.53 Å². The average molecular weight is 264 g/mol. The number of nitrogens with two attached hydrogens (primary N) is 1. The highest BCUT2D eigenvalue weighted by molar-refractivity contribution is 7.80. The molecule has 1 atom stereocenters. The standard InChI is InChI=1S/C13H16N2O2S/c1-15(7-12(14)18)13(16)10-6-9-4-2-3-5-11(9)17-8-10/h2-5,10H,6-8H2,1H3,(H2,14,18). The van der Waals surface area contributed by atoms with Crippen LogP contribution in [0.2, 0.25) is 0 Å². The molecule has 2 rings (SSSR count). The Balaban J connectivity index is 2.04. The minimum absolute atomic E-state index is 0.0253. The number of benzene rings is 1. The lowest BCUT2D eigenvalue weighted by Gasteiger charge is -2.28. The van der Waals surface area contributed by atoms with Gasteiger partial charge < -0.3 is 15.4 Å². The number of likely N-dealkylation sites (N-methyl/N-ethyl adjacent to an activating group) is 1. The molecule has 1 aromatic carbocycles. The molecule has 2 N–H and O–H groups in total. The zero-order valence-electron chi connectivity index (χ0n) is 10.3. The van der Waals surface area contributed by atoms with E-state index in [9.17, 15) is 4.79 Å². The molecular formula is C13H16N2O2S. The van der Waals surface area contributed by atoms with Gasteiger partial charge in [-0.2, -0.15) is 0 Å². The van der Waals surface area contributed by atoms with Gasteiger partial charge in [-0.05, 0) is 18.1 Å². The smallest absolute Gasteiger partial charge is 0.229 e. The molecule has 1 aliphatic rings. The van der Waals surface area contributed by atoms with Gasteiger partial charge in [0, 0.05) is 7.05 Å². The van der Waals surface area contributed by atoms with Crippen molar-refractivity contribution in [1.82, 2.24) is 4.90 Å². The molecule has 0 radical (unpaired) electrons. The van der Waals surface area contributed by atoms with Crippen LogP contribution >= 0.6 is 12.2 Å². The van der Waals surface area contributed by atoms with Gasteiger partial charge in [-0.25, -0.2) is 0 Å². The number of carbonyl (C=O) groups excluding carboxylic acids is 1. The van der Waals surface area contributed by atoms with Gasteiger partial charge in [0.1, 0.15) is 12.4 Å². The van der Waals surface area contributed by atoms with E-state index in [0.717, 1.165) is 11.3 Å². The third kappa shape index (κ3) is 2.79. The van der Waals surface area contributed by atoms with Crippen LogP contribution in [0.5, 0.6) is 5.75 Å². The quantitative estimate of drug-likeness (QED) is 0.827. The molecule has 0 bridgehead atoms. The van der Waals surface area contributed by atoms with Crippen LogP contribution in [0.1, 0.15) is 5.56 Å². The lowest BCUT2D eigenvalue weighted by atomic mass is 9.95. The topological polar surface area (TPSA) is 55.6 Å². The van der Waals surface area contributed by atoms with Gasteiger partial charge in [0.15, 0.2) is 0 Å². The number of carbonyl (C=O) groups is 1. The zero-order chi connectivity index (χ0) is 13.1. The van der Waals surface area contributed by atoms with Crippen molar-refractivity contribution in [2.24, 2.45) is 11.7 Å². The molecule has 0 saturated heterocycles. The molecule has 18 heavy (non-hydrogen) atoms. The lowest BCUT2D eigenvalue weighted by molar-refractivity contribution is -0.134. The summed E-state index contributed by atoms with van der Waals surface area (Å²) in [5.41, 5.74) is 6.52. The second-order valence-electron chi connectivity index (χ2n) is 4.48. The Hall–Kier alpha value is -1.62. The van der Waals surface area contributed by atoms with E-state index < -0.39 is 0 Å². The van der Waals surface area contributed by atoms with Crippen LogP contribution in [-0.4, -0.2) is 36.0 Å². The lowest BCUT2D eigenvalue weighted by Crippen LogP contribution is -2.42. The van der Waals surface area contributed by atoms with E-state index in [1.807, 2.05) is 24.3 Å². The van der Waals surface area contributed by atoms with E-state index in [0.29, 0.717) is 24.6 Å². The van der Waals surface area contributed by atoms with Crippen LogP contribution in [0.3, 0.4) is 0 Å². The van der Waals surface area contributed by atoms with Crippen molar-refractivity contribution in [3.63, 3.8) is 0 Å². The van der Waals surface area contributed by atoms with E-state index in [1.165, 1.54) is 0 Å². The number of nitrogens with zero attached hydrogens (tertiary/aromatic N) is 1. The number of thiocarbonyl (C=S) groups is 1. The predicted octanol–water partition coefficient (Wildman–Crippen LogP) is 0.982. The van der Waals surface area contributed by atoms with E-state index in [2.05, 4.69) is 0 Å². The molecule has 1 aliphatic heterocycles. The van der Waals surface area contributed by atoms with E-state index in [1.54, 1.807) is 11.9 Å². The van der Waals surface area contributed by atoms with Crippen molar-refractivity contribution in [3.8, 4) is 5.75 Å². The van der Waals surface area contributed by atoms with Crippen molar-refractivity contribution in [2.75, 3.05) is 20.2 Å². The monoisotopic (exact) mass is 264 g/mol. The molecule has 1 heterocycles. The highest BCUT2D eigenvalue weighted by atomic mass is 32.1. The van der Waals surface area contributed by atoms with Gasteiger partial charge in [0.05, 0.1) is 17.5 Å². The van der Waals surface area contributed by atoms with E-state index in [4.69, 9.17) is 22.7 Å².